The number of aromatic hydroxyl groups is 1. The fourth-order valence-corrected chi connectivity index (χ4v) is 3.70. The quantitative estimate of drug-likeness (QED) is 0.366. The van der Waals surface area contributed by atoms with E-state index >= 15 is 0 Å². The first-order valence-corrected chi connectivity index (χ1v) is 10.1. The number of carbonyl (C=O) groups is 1. The summed E-state index contributed by atoms with van der Waals surface area (Å²) in [7, 11) is 0. The summed E-state index contributed by atoms with van der Waals surface area (Å²) in [5, 5.41) is 25.1. The minimum atomic E-state index is -1.05. The van der Waals surface area contributed by atoms with E-state index in [1.54, 1.807) is 30.5 Å². The molecule has 0 atom stereocenters. The predicted octanol–water partition coefficient (Wildman–Crippen LogP) is 5.84. The van der Waals surface area contributed by atoms with Gasteiger partial charge in [-0.15, -0.1) is 0 Å². The molecule has 1 heterocycles. The van der Waals surface area contributed by atoms with Gasteiger partial charge in [-0.1, -0.05) is 41.9 Å². The third-order valence-corrected chi connectivity index (χ3v) is 5.16. The highest BCUT2D eigenvalue weighted by Crippen LogP contribution is 2.44. The number of carboxylic acids is 1. The number of aromatic carboxylic acids is 1. The fraction of sp³-hybridized carbons (Fsp3) is 0.125. The monoisotopic (exact) mass is 433 g/mol. The summed E-state index contributed by atoms with van der Waals surface area (Å²) >= 11 is 6.40. The van der Waals surface area contributed by atoms with Gasteiger partial charge in [-0.25, -0.2) is 14.8 Å². The number of nitrogens with one attached hydrogen (secondary N) is 1. The van der Waals surface area contributed by atoms with Gasteiger partial charge in [-0.2, -0.15) is 0 Å². The van der Waals surface area contributed by atoms with E-state index in [1.165, 1.54) is 12.1 Å². The number of aromatic nitrogens is 2. The second-order valence-corrected chi connectivity index (χ2v) is 7.85. The predicted molar refractivity (Wildman–Crippen MR) is 123 cm³/mol. The Hall–Kier alpha value is -3.64. The van der Waals surface area contributed by atoms with Gasteiger partial charge in [0.2, 0.25) is 5.95 Å². The highest BCUT2D eigenvalue weighted by molar-refractivity contribution is 6.33. The molecule has 0 aliphatic rings. The van der Waals surface area contributed by atoms with Crippen LogP contribution in [0, 0.1) is 0 Å². The molecule has 0 aliphatic carbocycles. The molecule has 0 saturated carbocycles. The molecule has 1 aromatic heterocycles. The van der Waals surface area contributed by atoms with E-state index < -0.39 is 5.97 Å². The molecule has 0 bridgehead atoms. The number of hydrogen-bond acceptors (Lipinski definition) is 5. The lowest BCUT2D eigenvalue weighted by atomic mass is 9.93. The van der Waals surface area contributed by atoms with Crippen molar-refractivity contribution < 1.29 is 15.0 Å². The van der Waals surface area contributed by atoms with Gasteiger partial charge >= 0.3 is 5.97 Å². The van der Waals surface area contributed by atoms with Gasteiger partial charge in [-0.3, -0.25) is 0 Å². The molecule has 0 amide bonds. The van der Waals surface area contributed by atoms with E-state index in [0.717, 1.165) is 0 Å². The molecule has 31 heavy (non-hydrogen) atoms. The van der Waals surface area contributed by atoms with Gasteiger partial charge in [0, 0.05) is 33.8 Å². The Morgan fingerprint density at radius 2 is 1.84 bits per heavy atom. The molecule has 4 aromatic rings. The van der Waals surface area contributed by atoms with Crippen molar-refractivity contribution in [2.45, 2.75) is 19.9 Å². The molecule has 0 aliphatic heterocycles. The van der Waals surface area contributed by atoms with Crippen LogP contribution in [0.15, 0.2) is 60.8 Å². The molecule has 7 heteroatoms. The number of hydrogen-bond donors (Lipinski definition) is 3. The maximum Gasteiger partial charge on any atom is 0.335 e. The van der Waals surface area contributed by atoms with Crippen LogP contribution in [0.1, 0.15) is 24.2 Å². The Kier molecular flexibility index (Phi) is 5.48. The molecule has 0 unspecified atom stereocenters. The van der Waals surface area contributed by atoms with Crippen LogP contribution < -0.4 is 5.32 Å². The van der Waals surface area contributed by atoms with E-state index in [4.69, 9.17) is 11.6 Å². The lowest BCUT2D eigenvalue weighted by molar-refractivity contribution is 0.0697. The first-order valence-electron chi connectivity index (χ1n) is 9.73. The minimum Gasteiger partial charge on any atom is -0.507 e. The number of halogens is 1. The molecule has 3 aromatic carbocycles. The third-order valence-electron chi connectivity index (χ3n) is 4.83. The molecular formula is C24H20ClN3O3. The highest BCUT2D eigenvalue weighted by atomic mass is 35.5. The first kappa shape index (κ1) is 20.6. The van der Waals surface area contributed by atoms with Crippen molar-refractivity contribution in [3.63, 3.8) is 0 Å². The molecule has 0 fully saturated rings. The Balaban J connectivity index is 2.06. The fourth-order valence-electron chi connectivity index (χ4n) is 3.46. The van der Waals surface area contributed by atoms with Crippen LogP contribution in [0.3, 0.4) is 0 Å². The standard InChI is InChI=1S/C24H20ClN3O3/c1-13(2)27-24-26-12-16-11-18(17-8-3-4-9-19(17)25)22(29)20(21(16)28-24)14-6-5-7-15(10-14)23(30)31/h3-13,29H,1-2H3,(H,30,31)(H,26,27,28). The third kappa shape index (κ3) is 4.02. The molecule has 0 saturated heterocycles. The number of rotatable bonds is 5. The number of benzene rings is 3. The van der Waals surface area contributed by atoms with Crippen LogP contribution in [0.25, 0.3) is 33.2 Å². The first-order chi connectivity index (χ1) is 14.8. The zero-order chi connectivity index (χ0) is 22.1. The summed E-state index contributed by atoms with van der Waals surface area (Å²) in [6.07, 6.45) is 1.68. The van der Waals surface area contributed by atoms with Gasteiger partial charge in [0.25, 0.3) is 0 Å². The van der Waals surface area contributed by atoms with Crippen molar-refractivity contribution in [1.82, 2.24) is 9.97 Å². The van der Waals surface area contributed by atoms with Crippen molar-refractivity contribution in [2.24, 2.45) is 0 Å². The molecule has 3 N–H and O–H groups in total. The van der Waals surface area contributed by atoms with Crippen molar-refractivity contribution in [2.75, 3.05) is 5.32 Å². The Morgan fingerprint density at radius 3 is 2.55 bits per heavy atom. The van der Waals surface area contributed by atoms with E-state index in [1.807, 2.05) is 32.0 Å². The summed E-state index contributed by atoms with van der Waals surface area (Å²) in [5.41, 5.74) is 2.75. The maximum absolute atomic E-state index is 11.5. The topological polar surface area (TPSA) is 95.3 Å². The average Bonchev–Trinajstić information content (AvgIpc) is 2.73. The number of phenols is 1. The van der Waals surface area contributed by atoms with Gasteiger partial charge in [-0.05, 0) is 43.7 Å². The van der Waals surface area contributed by atoms with Crippen molar-refractivity contribution in [1.29, 1.82) is 0 Å². The van der Waals surface area contributed by atoms with Crippen molar-refractivity contribution >= 4 is 34.4 Å². The summed E-state index contributed by atoms with van der Waals surface area (Å²) in [6, 6.07) is 15.5. The summed E-state index contributed by atoms with van der Waals surface area (Å²) in [6.45, 7) is 3.95. The number of phenolic OH excluding ortho intramolecular Hbond substituents is 1. The number of nitrogens with zero attached hydrogens (tertiary/aromatic N) is 2. The Bertz CT molecular complexity index is 1300. The summed E-state index contributed by atoms with van der Waals surface area (Å²) < 4.78 is 0. The molecule has 6 nitrogen and oxygen atoms in total. The van der Waals surface area contributed by atoms with E-state index in [0.29, 0.717) is 44.1 Å². The minimum absolute atomic E-state index is 0.0302. The zero-order valence-corrected chi connectivity index (χ0v) is 17.7. The van der Waals surface area contributed by atoms with Gasteiger partial charge in [0.15, 0.2) is 0 Å². The molecule has 4 rings (SSSR count). The smallest absolute Gasteiger partial charge is 0.335 e. The van der Waals surface area contributed by atoms with Crippen LogP contribution in [-0.4, -0.2) is 32.2 Å². The number of fused-ring (bicyclic) bond motifs is 1. The summed E-state index contributed by atoms with van der Waals surface area (Å²) in [4.78, 5) is 20.5. The Morgan fingerprint density at radius 1 is 1.06 bits per heavy atom. The highest BCUT2D eigenvalue weighted by Gasteiger charge is 2.20. The van der Waals surface area contributed by atoms with Crippen LogP contribution in [0.2, 0.25) is 5.02 Å². The molecular weight excluding hydrogens is 414 g/mol. The van der Waals surface area contributed by atoms with Gasteiger partial charge in [0.1, 0.15) is 5.75 Å². The normalized spacial score (nSPS) is 11.1. The zero-order valence-electron chi connectivity index (χ0n) is 16.9. The number of carboxylic acid groups (broad SMARTS) is 1. The SMILES string of the molecule is CC(C)Nc1ncc2cc(-c3ccccc3Cl)c(O)c(-c3cccc(C(=O)O)c3)c2n1. The number of anilines is 1. The second kappa shape index (κ2) is 8.24. The van der Waals surface area contributed by atoms with Crippen molar-refractivity contribution in [3.05, 3.63) is 71.4 Å². The van der Waals surface area contributed by atoms with E-state index in [2.05, 4.69) is 15.3 Å². The second-order valence-electron chi connectivity index (χ2n) is 7.44. The lowest BCUT2D eigenvalue weighted by Crippen LogP contribution is -2.12. The van der Waals surface area contributed by atoms with Gasteiger partial charge < -0.3 is 15.5 Å². The van der Waals surface area contributed by atoms with Crippen LogP contribution >= 0.6 is 11.6 Å². The molecule has 0 spiro atoms. The molecule has 0 radical (unpaired) electrons. The van der Waals surface area contributed by atoms with Crippen molar-refractivity contribution in [3.8, 4) is 28.0 Å². The maximum atomic E-state index is 11.5. The molecule has 156 valence electrons. The van der Waals surface area contributed by atoms with E-state index in [-0.39, 0.29) is 17.4 Å². The largest absolute Gasteiger partial charge is 0.507 e. The van der Waals surface area contributed by atoms with Gasteiger partial charge in [0.05, 0.1) is 16.6 Å². The lowest BCUT2D eigenvalue weighted by Gasteiger charge is -2.16. The van der Waals surface area contributed by atoms with Crippen LogP contribution in [-0.2, 0) is 0 Å². The average molecular weight is 434 g/mol. The van der Waals surface area contributed by atoms with Crippen LogP contribution in [0.5, 0.6) is 5.75 Å². The van der Waals surface area contributed by atoms with Crippen LogP contribution in [0.4, 0.5) is 5.95 Å². The van der Waals surface area contributed by atoms with E-state index in [9.17, 15) is 15.0 Å². The Labute approximate surface area is 184 Å². The summed E-state index contributed by atoms with van der Waals surface area (Å²) in [5.74, 6) is -0.662.